The zero-order valence-corrected chi connectivity index (χ0v) is 6.73. The van der Waals surface area contributed by atoms with Gasteiger partial charge >= 0.3 is 0 Å². The molecule has 0 spiro atoms. The van der Waals surface area contributed by atoms with E-state index in [1.807, 2.05) is 6.92 Å². The number of hydrogen-bond acceptors (Lipinski definition) is 4. The van der Waals surface area contributed by atoms with Gasteiger partial charge in [0.2, 0.25) is 0 Å². The van der Waals surface area contributed by atoms with Crippen LogP contribution in [-0.4, -0.2) is 29.6 Å². The predicted molar refractivity (Wildman–Crippen MR) is 41.7 cm³/mol. The van der Waals surface area contributed by atoms with E-state index in [9.17, 15) is 5.11 Å². The van der Waals surface area contributed by atoms with Crippen molar-refractivity contribution < 1.29 is 9.84 Å². The highest BCUT2D eigenvalue weighted by molar-refractivity contribution is 4.79. The van der Waals surface area contributed by atoms with Gasteiger partial charge in [0, 0.05) is 6.04 Å². The number of hydrogen-bond donors (Lipinski definition) is 3. The molecule has 0 saturated carbocycles. The van der Waals surface area contributed by atoms with Crippen molar-refractivity contribution >= 4 is 0 Å². The van der Waals surface area contributed by atoms with Gasteiger partial charge in [0.05, 0.1) is 12.1 Å². The Morgan fingerprint density at radius 3 is 2.64 bits per heavy atom. The van der Waals surface area contributed by atoms with Gasteiger partial charge in [-0.3, -0.25) is 0 Å². The average Bonchev–Trinajstić information content (AvgIpc) is 1.94. The Labute approximate surface area is 66.5 Å². The van der Waals surface area contributed by atoms with Crippen molar-refractivity contribution in [1.82, 2.24) is 0 Å². The van der Waals surface area contributed by atoms with Crippen LogP contribution in [0, 0.1) is 0 Å². The van der Waals surface area contributed by atoms with Crippen LogP contribution in [0.1, 0.15) is 19.8 Å². The molecular weight excluding hydrogens is 144 g/mol. The van der Waals surface area contributed by atoms with Gasteiger partial charge in [0.1, 0.15) is 0 Å². The summed E-state index contributed by atoms with van der Waals surface area (Å²) in [6.45, 7) is 1.87. The van der Waals surface area contributed by atoms with Crippen LogP contribution in [0.5, 0.6) is 0 Å². The third kappa shape index (κ3) is 2.13. The molecule has 1 aliphatic heterocycles. The SMILES string of the molecule is CC(N)[C@@H]1CC[C@@H](N)[C@@H](O)O1. The highest BCUT2D eigenvalue weighted by atomic mass is 16.6. The summed E-state index contributed by atoms with van der Waals surface area (Å²) in [5.41, 5.74) is 11.1. The van der Waals surface area contributed by atoms with Gasteiger partial charge in [-0.2, -0.15) is 0 Å². The second-order valence-corrected chi connectivity index (χ2v) is 3.17. The summed E-state index contributed by atoms with van der Waals surface area (Å²) in [5.74, 6) is 0. The summed E-state index contributed by atoms with van der Waals surface area (Å²) in [6.07, 6.45) is 0.757. The van der Waals surface area contributed by atoms with Gasteiger partial charge in [-0.15, -0.1) is 0 Å². The van der Waals surface area contributed by atoms with Crippen LogP contribution < -0.4 is 11.5 Å². The van der Waals surface area contributed by atoms with E-state index in [-0.39, 0.29) is 18.2 Å². The van der Waals surface area contributed by atoms with E-state index in [4.69, 9.17) is 16.2 Å². The molecular formula is C7H16N2O2. The normalized spacial score (nSPS) is 42.0. The Kier molecular flexibility index (Phi) is 2.84. The molecule has 0 aromatic rings. The van der Waals surface area contributed by atoms with Crippen molar-refractivity contribution in [3.63, 3.8) is 0 Å². The van der Waals surface area contributed by atoms with E-state index in [0.717, 1.165) is 12.8 Å². The van der Waals surface area contributed by atoms with Crippen LogP contribution in [0.3, 0.4) is 0 Å². The van der Waals surface area contributed by atoms with E-state index < -0.39 is 6.29 Å². The molecule has 0 aromatic heterocycles. The molecule has 1 rings (SSSR count). The molecule has 1 aliphatic rings. The Morgan fingerprint density at radius 1 is 1.55 bits per heavy atom. The molecule has 1 unspecified atom stereocenters. The Morgan fingerprint density at radius 2 is 2.18 bits per heavy atom. The van der Waals surface area contributed by atoms with Crippen molar-refractivity contribution in [2.75, 3.05) is 0 Å². The summed E-state index contributed by atoms with van der Waals surface area (Å²) in [6, 6.07) is -0.276. The molecule has 11 heavy (non-hydrogen) atoms. The fraction of sp³-hybridized carbons (Fsp3) is 1.00. The zero-order chi connectivity index (χ0) is 8.43. The fourth-order valence-corrected chi connectivity index (χ4v) is 1.23. The van der Waals surface area contributed by atoms with Crippen LogP contribution in [0.15, 0.2) is 0 Å². The smallest absolute Gasteiger partial charge is 0.170 e. The van der Waals surface area contributed by atoms with Gasteiger partial charge in [-0.25, -0.2) is 0 Å². The lowest BCUT2D eigenvalue weighted by Crippen LogP contribution is -2.48. The summed E-state index contributed by atoms with van der Waals surface area (Å²) in [5, 5.41) is 9.19. The van der Waals surface area contributed by atoms with Crippen LogP contribution in [0.4, 0.5) is 0 Å². The molecule has 1 heterocycles. The topological polar surface area (TPSA) is 81.5 Å². The Hall–Kier alpha value is -0.160. The summed E-state index contributed by atoms with van der Waals surface area (Å²) in [7, 11) is 0. The number of nitrogens with two attached hydrogens (primary N) is 2. The van der Waals surface area contributed by atoms with Crippen LogP contribution in [0.25, 0.3) is 0 Å². The number of aliphatic hydroxyl groups excluding tert-OH is 1. The number of ether oxygens (including phenoxy) is 1. The van der Waals surface area contributed by atoms with Crippen molar-refractivity contribution in [2.45, 2.75) is 44.2 Å². The Balaban J connectivity index is 2.40. The standard InChI is InChI=1S/C7H16N2O2/c1-4(8)6-3-2-5(9)7(10)11-6/h4-7,10H,2-3,8-9H2,1H3/t4?,5-,6+,7+/m1/s1. The molecule has 0 amide bonds. The molecule has 4 nitrogen and oxygen atoms in total. The summed E-state index contributed by atoms with van der Waals surface area (Å²) >= 11 is 0. The van der Waals surface area contributed by atoms with Crippen molar-refractivity contribution in [3.8, 4) is 0 Å². The second-order valence-electron chi connectivity index (χ2n) is 3.17. The third-order valence-electron chi connectivity index (χ3n) is 2.05. The van der Waals surface area contributed by atoms with E-state index >= 15 is 0 Å². The maximum Gasteiger partial charge on any atom is 0.170 e. The van der Waals surface area contributed by atoms with Crippen LogP contribution in [0.2, 0.25) is 0 Å². The molecule has 5 N–H and O–H groups in total. The van der Waals surface area contributed by atoms with Gasteiger partial charge in [0.15, 0.2) is 6.29 Å². The quantitative estimate of drug-likeness (QED) is 0.467. The first kappa shape index (κ1) is 8.93. The third-order valence-corrected chi connectivity index (χ3v) is 2.05. The lowest BCUT2D eigenvalue weighted by molar-refractivity contribution is -0.176. The van der Waals surface area contributed by atoms with Crippen molar-refractivity contribution in [3.05, 3.63) is 0 Å². The monoisotopic (exact) mass is 160 g/mol. The van der Waals surface area contributed by atoms with E-state index in [2.05, 4.69) is 0 Å². The second kappa shape index (κ2) is 3.49. The minimum absolute atomic E-state index is 0.0304. The van der Waals surface area contributed by atoms with Crippen LogP contribution in [-0.2, 0) is 4.74 Å². The average molecular weight is 160 g/mol. The van der Waals surface area contributed by atoms with E-state index in [1.54, 1.807) is 0 Å². The highest BCUT2D eigenvalue weighted by Gasteiger charge is 2.28. The summed E-state index contributed by atoms with van der Waals surface area (Å²) < 4.78 is 5.17. The Bertz CT molecular complexity index is 130. The molecule has 0 radical (unpaired) electrons. The minimum Gasteiger partial charge on any atom is -0.367 e. The lowest BCUT2D eigenvalue weighted by Gasteiger charge is -2.33. The zero-order valence-electron chi connectivity index (χ0n) is 6.73. The first-order chi connectivity index (χ1) is 5.11. The first-order valence-corrected chi connectivity index (χ1v) is 3.96. The molecule has 0 aliphatic carbocycles. The largest absolute Gasteiger partial charge is 0.367 e. The molecule has 4 heteroatoms. The van der Waals surface area contributed by atoms with Crippen LogP contribution >= 0.6 is 0 Å². The predicted octanol–water partition coefficient (Wildman–Crippen LogP) is -0.842. The first-order valence-electron chi connectivity index (χ1n) is 3.96. The van der Waals surface area contributed by atoms with Gasteiger partial charge in [-0.1, -0.05) is 0 Å². The maximum atomic E-state index is 9.19. The molecule has 0 bridgehead atoms. The summed E-state index contributed by atoms with van der Waals surface area (Å²) in [4.78, 5) is 0. The molecule has 4 atom stereocenters. The van der Waals surface area contributed by atoms with Crippen molar-refractivity contribution in [2.24, 2.45) is 11.5 Å². The highest BCUT2D eigenvalue weighted by Crippen LogP contribution is 2.18. The van der Waals surface area contributed by atoms with Crippen molar-refractivity contribution in [1.29, 1.82) is 0 Å². The van der Waals surface area contributed by atoms with E-state index in [1.165, 1.54) is 0 Å². The van der Waals surface area contributed by atoms with Gasteiger partial charge < -0.3 is 21.3 Å². The molecule has 0 aromatic carbocycles. The minimum atomic E-state index is -0.834. The molecule has 1 fully saturated rings. The van der Waals surface area contributed by atoms with E-state index in [0.29, 0.717) is 0 Å². The molecule has 66 valence electrons. The van der Waals surface area contributed by atoms with Gasteiger partial charge in [0.25, 0.3) is 0 Å². The van der Waals surface area contributed by atoms with Gasteiger partial charge in [-0.05, 0) is 19.8 Å². The number of aliphatic hydroxyl groups is 1. The fourth-order valence-electron chi connectivity index (χ4n) is 1.23. The molecule has 1 saturated heterocycles. The number of rotatable bonds is 1. The lowest BCUT2D eigenvalue weighted by atomic mass is 10.0. The maximum absolute atomic E-state index is 9.19.